The molecular weight excluding hydrogens is 893 g/mol. The number of amides is 6. The molecule has 0 spiro atoms. The minimum Gasteiger partial charge on any atom is -0.347 e. The summed E-state index contributed by atoms with van der Waals surface area (Å²) in [5.74, 6) is -1.93. The van der Waals surface area contributed by atoms with Gasteiger partial charge in [-0.25, -0.2) is 0 Å². The molecule has 20 nitrogen and oxygen atoms in total. The number of rotatable bonds is 19. The van der Waals surface area contributed by atoms with Crippen molar-refractivity contribution < 1.29 is 28.8 Å². The average molecular weight is 961 g/mol. The van der Waals surface area contributed by atoms with E-state index in [1.165, 1.54) is 11.1 Å². The van der Waals surface area contributed by atoms with E-state index in [9.17, 15) is 28.8 Å². The number of benzene rings is 2. The van der Waals surface area contributed by atoms with Crippen LogP contribution in [0.25, 0.3) is 0 Å². The lowest BCUT2D eigenvalue weighted by atomic mass is 9.87. The van der Waals surface area contributed by atoms with Gasteiger partial charge in [0.15, 0.2) is 6.04 Å². The van der Waals surface area contributed by atoms with E-state index in [0.29, 0.717) is 64.0 Å². The van der Waals surface area contributed by atoms with Crippen LogP contribution in [0.5, 0.6) is 0 Å². The molecule has 2 saturated heterocycles. The molecule has 2 aliphatic heterocycles. The van der Waals surface area contributed by atoms with Crippen LogP contribution in [0, 0.1) is 0 Å². The molecule has 4 aromatic rings. The van der Waals surface area contributed by atoms with E-state index in [0.717, 1.165) is 49.7 Å². The van der Waals surface area contributed by atoms with E-state index in [-0.39, 0.29) is 47.8 Å². The Morgan fingerprint density at radius 2 is 1.14 bits per heavy atom. The van der Waals surface area contributed by atoms with Crippen molar-refractivity contribution in [2.45, 2.75) is 152 Å². The minimum absolute atomic E-state index is 0.0651. The second-order valence-electron chi connectivity index (χ2n) is 19.1. The van der Waals surface area contributed by atoms with E-state index in [2.05, 4.69) is 76.8 Å². The molecule has 4 heterocycles. The zero-order valence-electron chi connectivity index (χ0n) is 40.7. The summed E-state index contributed by atoms with van der Waals surface area (Å²) < 4.78 is 3.25. The lowest BCUT2D eigenvalue weighted by molar-refractivity contribution is -0.142. The zero-order chi connectivity index (χ0) is 49.3. The Bertz CT molecular complexity index is 2510. The Morgan fingerprint density at radius 1 is 0.629 bits per heavy atom. The van der Waals surface area contributed by atoms with E-state index >= 15 is 0 Å². The van der Waals surface area contributed by atoms with Crippen molar-refractivity contribution >= 4 is 35.4 Å². The minimum atomic E-state index is -1.18. The van der Waals surface area contributed by atoms with Gasteiger partial charge < -0.3 is 41.7 Å². The highest BCUT2D eigenvalue weighted by molar-refractivity contribution is 5.95. The van der Waals surface area contributed by atoms with Crippen molar-refractivity contribution in [2.24, 2.45) is 0 Å². The van der Waals surface area contributed by atoms with Gasteiger partial charge in [0.05, 0.1) is 36.1 Å². The monoisotopic (exact) mass is 961 g/mol. The quantitative estimate of drug-likeness (QED) is 0.0788. The van der Waals surface area contributed by atoms with E-state index in [4.69, 9.17) is 0 Å². The Hall–Kier alpha value is -6.54. The maximum Gasteiger partial charge on any atom is 0.252 e. The second kappa shape index (κ2) is 22.9. The molecule has 0 bridgehead atoms. The molecule has 2 aliphatic carbocycles. The van der Waals surface area contributed by atoms with Gasteiger partial charge in [-0.3, -0.25) is 38.1 Å². The number of hydrogen-bond donors (Lipinski definition) is 6. The molecule has 2 fully saturated rings. The van der Waals surface area contributed by atoms with Gasteiger partial charge in [-0.15, -0.1) is 10.2 Å². The Kier molecular flexibility index (Phi) is 16.3. The predicted molar refractivity (Wildman–Crippen MR) is 258 cm³/mol. The van der Waals surface area contributed by atoms with Crippen LogP contribution in [0.3, 0.4) is 0 Å². The first-order valence-electron chi connectivity index (χ1n) is 25.0. The third kappa shape index (κ3) is 11.6. The summed E-state index contributed by atoms with van der Waals surface area (Å²) >= 11 is 0. The molecule has 8 atom stereocenters. The molecule has 20 heteroatoms. The number of carbonyl (C=O) groups is 6. The number of nitrogens with one attached hydrogen (secondary N) is 6. The first-order valence-corrected chi connectivity index (χ1v) is 25.0. The Labute approximate surface area is 408 Å². The van der Waals surface area contributed by atoms with Gasteiger partial charge >= 0.3 is 0 Å². The van der Waals surface area contributed by atoms with Crippen LogP contribution < -0.4 is 31.9 Å². The number of fused-ring (bicyclic) bond motifs is 2. The number of carbonyl (C=O) groups excluding carboxylic acids is 6. The van der Waals surface area contributed by atoms with Crippen molar-refractivity contribution in [3.05, 3.63) is 94.6 Å². The van der Waals surface area contributed by atoms with Gasteiger partial charge in [0.25, 0.3) is 5.91 Å². The largest absolute Gasteiger partial charge is 0.347 e. The van der Waals surface area contributed by atoms with E-state index in [1.807, 2.05) is 24.3 Å². The third-order valence-corrected chi connectivity index (χ3v) is 14.5. The van der Waals surface area contributed by atoms with Crippen molar-refractivity contribution in [1.82, 2.24) is 71.7 Å². The third-order valence-electron chi connectivity index (χ3n) is 14.5. The molecular formula is C50H68N14O6. The first kappa shape index (κ1) is 49.9. The Morgan fingerprint density at radius 3 is 1.71 bits per heavy atom. The number of aromatic nitrogens is 6. The van der Waals surface area contributed by atoms with Crippen molar-refractivity contribution in [1.29, 1.82) is 0 Å². The van der Waals surface area contributed by atoms with E-state index in [1.54, 1.807) is 59.5 Å². The fraction of sp³-hybridized carbons (Fsp3) is 0.560. The van der Waals surface area contributed by atoms with Crippen LogP contribution in [-0.2, 0) is 61.1 Å². The fourth-order valence-electron chi connectivity index (χ4n) is 10.3. The van der Waals surface area contributed by atoms with Crippen LogP contribution in [-0.4, -0.2) is 133 Å². The maximum absolute atomic E-state index is 14.4. The van der Waals surface area contributed by atoms with Gasteiger partial charge in [-0.2, -0.15) is 0 Å². The fourth-order valence-corrected chi connectivity index (χ4v) is 10.3. The molecule has 6 N–H and O–H groups in total. The second-order valence-corrected chi connectivity index (χ2v) is 19.1. The summed E-state index contributed by atoms with van der Waals surface area (Å²) in [5.41, 5.74) is 5.43. The van der Waals surface area contributed by atoms with Crippen molar-refractivity contribution in [3.63, 3.8) is 0 Å². The van der Waals surface area contributed by atoms with Gasteiger partial charge in [-0.05, 0) is 121 Å². The van der Waals surface area contributed by atoms with Crippen LogP contribution >= 0.6 is 0 Å². The molecule has 2 aromatic carbocycles. The highest BCUT2D eigenvalue weighted by Gasteiger charge is 2.42. The summed E-state index contributed by atoms with van der Waals surface area (Å²) in [5, 5.41) is 35.4. The average Bonchev–Trinajstić information content (AvgIpc) is 4.24. The first-order chi connectivity index (χ1) is 33.9. The smallest absolute Gasteiger partial charge is 0.252 e. The summed E-state index contributed by atoms with van der Waals surface area (Å²) in [6.07, 6.45) is 11.8. The van der Waals surface area contributed by atoms with E-state index < -0.39 is 48.1 Å². The predicted octanol–water partition coefficient (Wildman–Crippen LogP) is 1.73. The number of likely N-dealkylation sites (N-methyl/N-ethyl adjacent to an activating group) is 2. The van der Waals surface area contributed by atoms with Crippen LogP contribution in [0.15, 0.2) is 60.9 Å². The maximum atomic E-state index is 14.4. The molecule has 0 saturated carbocycles. The molecule has 2 aromatic heterocycles. The summed E-state index contributed by atoms with van der Waals surface area (Å²) in [6.45, 7) is 4.95. The molecule has 70 heavy (non-hydrogen) atoms. The highest BCUT2D eigenvalue weighted by atomic mass is 16.2. The molecule has 8 rings (SSSR count). The molecule has 4 aliphatic rings. The topological polar surface area (TPSA) is 242 Å². The number of likely N-dealkylation sites (tertiary alicyclic amines) is 2. The SMILES string of the molecule is CN[C@@H](C)C(=O)NC(C(=O)N1CCC[C@H]1C(=O)N[C@@H]1CCCc2ccccc21)c1cn(CCCn2cc(C[C@H](NC(=O)[C@H](C)NC)C(=O)N3CCC[C@H]3C(=O)N[C@@H]3CCCc4ccccc43)nn2)nn1. The van der Waals surface area contributed by atoms with Crippen LogP contribution in [0.1, 0.15) is 123 Å². The molecule has 0 radical (unpaired) electrons. The summed E-state index contributed by atoms with van der Waals surface area (Å²) in [4.78, 5) is 86.1. The lowest BCUT2D eigenvalue weighted by Crippen LogP contribution is -2.56. The van der Waals surface area contributed by atoms with Gasteiger partial charge in [0, 0.05) is 38.8 Å². The normalized spacial score (nSPS) is 21.4. The highest BCUT2D eigenvalue weighted by Crippen LogP contribution is 2.32. The van der Waals surface area contributed by atoms with Crippen molar-refractivity contribution in [3.8, 4) is 0 Å². The zero-order valence-corrected chi connectivity index (χ0v) is 40.7. The van der Waals surface area contributed by atoms with Crippen molar-refractivity contribution in [2.75, 3.05) is 27.2 Å². The molecule has 6 amide bonds. The van der Waals surface area contributed by atoms with Crippen LogP contribution in [0.2, 0.25) is 0 Å². The van der Waals surface area contributed by atoms with Gasteiger partial charge in [-0.1, -0.05) is 59.0 Å². The Balaban J connectivity index is 0.895. The number of nitrogens with zero attached hydrogens (tertiary/aromatic N) is 8. The summed E-state index contributed by atoms with van der Waals surface area (Å²) in [7, 11) is 3.33. The number of aryl methyl sites for hydroxylation is 4. The standard InChI is InChI=1S/C50H68N14O6/c1-31(51-3)45(65)55-40(49(69)63-26-11-22-42(63)47(67)53-38-20-9-16-33-14-5-7-18-36(33)38)28-35-29-61(59-57-35)24-13-25-62-30-41(58-60-62)44(56-46(66)32(2)52-4)50(70)64-27-12-23-43(64)48(68)54-39-21-10-17-34-15-6-8-19-37(34)39/h5-8,14-15,18-19,29-32,38-40,42-44,51-52H,9-13,16-17,20-28H2,1-4H3,(H,53,67)(H,54,68)(H,55,65)(H,56,66)/t31-,32-,38+,39+,40-,42-,43-,44?/m0/s1. The van der Waals surface area contributed by atoms with Crippen LogP contribution in [0.4, 0.5) is 0 Å². The van der Waals surface area contributed by atoms with Gasteiger partial charge in [0.1, 0.15) is 23.8 Å². The summed E-state index contributed by atoms with van der Waals surface area (Å²) in [6, 6.07) is 11.4. The molecule has 374 valence electrons. The number of hydrogen-bond acceptors (Lipinski definition) is 12. The molecule has 1 unspecified atom stereocenters. The lowest BCUT2D eigenvalue weighted by Gasteiger charge is -2.31. The van der Waals surface area contributed by atoms with Gasteiger partial charge in [0.2, 0.25) is 29.5 Å².